The molecule has 6 nitrogen and oxygen atoms in total. The predicted molar refractivity (Wildman–Crippen MR) is 116 cm³/mol. The van der Waals surface area contributed by atoms with Crippen LogP contribution in [0.15, 0.2) is 47.6 Å². The summed E-state index contributed by atoms with van der Waals surface area (Å²) in [6.45, 7) is 6.41. The maximum absolute atomic E-state index is 10.4. The van der Waals surface area contributed by atoms with Crippen LogP contribution >= 0.6 is 0 Å². The Morgan fingerprint density at radius 3 is 2.60 bits per heavy atom. The van der Waals surface area contributed by atoms with Crippen LogP contribution in [0.1, 0.15) is 50.3 Å². The molecule has 1 atom stereocenters. The standard InChI is InChI=1S/C24H29N3O3/c1-16(2)26-13-11-24(12-14-26)27-20(18-8-6-10-22(29-3)23(18)30-24)15-19(25-27)17-7-4-5-9-21(17)28/h4-10,16,20,28H,11-15H2,1-3H3/t20-/m1/s1. The average molecular weight is 408 g/mol. The fraction of sp³-hybridized carbons (Fsp3) is 0.458. The molecule has 0 saturated carbocycles. The Balaban J connectivity index is 1.58. The molecule has 1 spiro atoms. The first kappa shape index (κ1) is 19.2. The van der Waals surface area contributed by atoms with Crippen molar-refractivity contribution in [3.63, 3.8) is 0 Å². The van der Waals surface area contributed by atoms with E-state index in [0.717, 1.165) is 60.7 Å². The van der Waals surface area contributed by atoms with Gasteiger partial charge in [-0.05, 0) is 32.0 Å². The van der Waals surface area contributed by atoms with Gasteiger partial charge in [0.2, 0.25) is 5.72 Å². The Morgan fingerprint density at radius 2 is 1.90 bits per heavy atom. The minimum absolute atomic E-state index is 0.0732. The highest BCUT2D eigenvalue weighted by atomic mass is 16.5. The lowest BCUT2D eigenvalue weighted by atomic mass is 9.90. The van der Waals surface area contributed by atoms with Crippen LogP contribution < -0.4 is 9.47 Å². The zero-order valence-electron chi connectivity index (χ0n) is 17.8. The molecule has 1 N–H and O–H groups in total. The zero-order valence-corrected chi connectivity index (χ0v) is 17.8. The van der Waals surface area contributed by atoms with Crippen molar-refractivity contribution < 1.29 is 14.6 Å². The van der Waals surface area contributed by atoms with Crippen LogP contribution in [0.2, 0.25) is 0 Å². The number of aromatic hydroxyl groups is 1. The summed E-state index contributed by atoms with van der Waals surface area (Å²) >= 11 is 0. The number of hydrazone groups is 1. The van der Waals surface area contributed by atoms with Gasteiger partial charge >= 0.3 is 0 Å². The SMILES string of the molecule is COc1cccc2c1OC1(CCN(C(C)C)CC1)N1N=C(c3ccccc3O)C[C@H]21. The molecule has 6 heteroatoms. The molecule has 0 radical (unpaired) electrons. The van der Waals surface area contributed by atoms with Gasteiger partial charge in [0.15, 0.2) is 11.5 Å². The lowest BCUT2D eigenvalue weighted by Gasteiger charge is -2.51. The summed E-state index contributed by atoms with van der Waals surface area (Å²) in [5, 5.41) is 17.6. The first-order valence-electron chi connectivity index (χ1n) is 10.8. The molecule has 0 amide bonds. The monoisotopic (exact) mass is 407 g/mol. The van der Waals surface area contributed by atoms with E-state index in [9.17, 15) is 5.11 Å². The van der Waals surface area contributed by atoms with E-state index in [-0.39, 0.29) is 11.8 Å². The Labute approximate surface area is 177 Å². The van der Waals surface area contributed by atoms with Gasteiger partial charge in [-0.2, -0.15) is 5.10 Å². The van der Waals surface area contributed by atoms with E-state index in [4.69, 9.17) is 14.6 Å². The summed E-state index contributed by atoms with van der Waals surface area (Å²) in [6.07, 6.45) is 2.48. The topological polar surface area (TPSA) is 57.5 Å². The summed E-state index contributed by atoms with van der Waals surface area (Å²) in [7, 11) is 1.69. The molecule has 1 saturated heterocycles. The van der Waals surface area contributed by atoms with E-state index < -0.39 is 5.72 Å². The summed E-state index contributed by atoms with van der Waals surface area (Å²) in [5.41, 5.74) is 2.30. The smallest absolute Gasteiger partial charge is 0.200 e. The number of hydrogen-bond acceptors (Lipinski definition) is 6. The highest BCUT2D eigenvalue weighted by Gasteiger charge is 2.52. The molecule has 3 heterocycles. The van der Waals surface area contributed by atoms with E-state index in [1.54, 1.807) is 13.2 Å². The highest BCUT2D eigenvalue weighted by Crippen LogP contribution is 2.53. The molecule has 5 rings (SSSR count). The number of hydrogen-bond donors (Lipinski definition) is 1. The number of fused-ring (bicyclic) bond motifs is 4. The van der Waals surface area contributed by atoms with Crippen molar-refractivity contribution in [1.82, 2.24) is 9.91 Å². The maximum Gasteiger partial charge on any atom is 0.200 e. The van der Waals surface area contributed by atoms with Crippen LogP contribution in [-0.2, 0) is 0 Å². The number of rotatable bonds is 3. The molecule has 0 aromatic heterocycles. The van der Waals surface area contributed by atoms with Crippen LogP contribution in [0.3, 0.4) is 0 Å². The Kier molecular flexibility index (Phi) is 4.62. The molecule has 0 bridgehead atoms. The van der Waals surface area contributed by atoms with Crippen LogP contribution in [0, 0.1) is 0 Å². The largest absolute Gasteiger partial charge is 0.507 e. The number of phenolic OH excluding ortho intramolecular Hbond substituents is 1. The zero-order chi connectivity index (χ0) is 20.9. The molecule has 2 aromatic rings. The first-order valence-corrected chi connectivity index (χ1v) is 10.8. The lowest BCUT2D eigenvalue weighted by Crippen LogP contribution is -2.59. The van der Waals surface area contributed by atoms with Crippen molar-refractivity contribution in [2.24, 2.45) is 5.10 Å². The van der Waals surface area contributed by atoms with Crippen molar-refractivity contribution in [1.29, 1.82) is 0 Å². The minimum Gasteiger partial charge on any atom is -0.507 e. The first-order chi connectivity index (χ1) is 14.5. The van der Waals surface area contributed by atoms with Gasteiger partial charge < -0.3 is 19.5 Å². The Hall–Kier alpha value is -2.73. The van der Waals surface area contributed by atoms with Crippen LogP contribution in [0.25, 0.3) is 0 Å². The molecular weight excluding hydrogens is 378 g/mol. The predicted octanol–water partition coefficient (Wildman–Crippen LogP) is 4.14. The molecule has 3 aliphatic heterocycles. The summed E-state index contributed by atoms with van der Waals surface area (Å²) in [6, 6.07) is 14.1. The minimum atomic E-state index is -0.496. The number of phenols is 1. The van der Waals surface area contributed by atoms with Crippen LogP contribution in [0.4, 0.5) is 0 Å². The van der Waals surface area contributed by atoms with Crippen molar-refractivity contribution in [3.8, 4) is 17.2 Å². The van der Waals surface area contributed by atoms with Gasteiger partial charge in [0.1, 0.15) is 5.75 Å². The summed E-state index contributed by atoms with van der Waals surface area (Å²) < 4.78 is 12.4. The number of piperidine rings is 1. The van der Waals surface area contributed by atoms with Crippen LogP contribution in [0.5, 0.6) is 17.2 Å². The van der Waals surface area contributed by atoms with Gasteiger partial charge in [-0.3, -0.25) is 0 Å². The number of methoxy groups -OCH3 is 1. The quantitative estimate of drug-likeness (QED) is 0.829. The van der Waals surface area contributed by atoms with Gasteiger partial charge in [0.05, 0.1) is 18.9 Å². The molecule has 158 valence electrons. The van der Waals surface area contributed by atoms with Gasteiger partial charge in [-0.1, -0.05) is 24.3 Å². The third-order valence-corrected chi connectivity index (χ3v) is 6.73. The second-order valence-corrected chi connectivity index (χ2v) is 8.68. The van der Waals surface area contributed by atoms with Crippen LogP contribution in [-0.4, -0.2) is 52.7 Å². The van der Waals surface area contributed by atoms with Gasteiger partial charge in [0, 0.05) is 49.5 Å². The number of nitrogens with zero attached hydrogens (tertiary/aromatic N) is 3. The highest BCUT2D eigenvalue weighted by molar-refractivity contribution is 6.04. The van der Waals surface area contributed by atoms with Crippen molar-refractivity contribution in [2.75, 3.05) is 20.2 Å². The maximum atomic E-state index is 10.4. The summed E-state index contributed by atoms with van der Waals surface area (Å²) in [4.78, 5) is 2.49. The van der Waals surface area contributed by atoms with Gasteiger partial charge in [-0.15, -0.1) is 0 Å². The molecule has 0 unspecified atom stereocenters. The fourth-order valence-corrected chi connectivity index (χ4v) is 5.03. The second-order valence-electron chi connectivity index (χ2n) is 8.68. The van der Waals surface area contributed by atoms with E-state index in [2.05, 4.69) is 29.8 Å². The summed E-state index contributed by atoms with van der Waals surface area (Å²) in [5.74, 6) is 1.88. The number of para-hydroxylation sites is 2. The van der Waals surface area contributed by atoms with Crippen molar-refractivity contribution >= 4 is 5.71 Å². The normalized spacial score (nSPS) is 22.5. The van der Waals surface area contributed by atoms with Gasteiger partial charge in [-0.25, -0.2) is 5.01 Å². The van der Waals surface area contributed by atoms with Gasteiger partial charge in [0.25, 0.3) is 0 Å². The number of ether oxygens (including phenoxy) is 2. The fourth-order valence-electron chi connectivity index (χ4n) is 5.03. The van der Waals surface area contributed by atoms with E-state index in [0.29, 0.717) is 6.04 Å². The number of likely N-dealkylation sites (tertiary alicyclic amines) is 1. The van der Waals surface area contributed by atoms with E-state index in [1.807, 2.05) is 30.3 Å². The molecule has 30 heavy (non-hydrogen) atoms. The Bertz CT molecular complexity index is 979. The third kappa shape index (κ3) is 2.93. The molecule has 2 aromatic carbocycles. The second kappa shape index (κ2) is 7.20. The lowest BCUT2D eigenvalue weighted by molar-refractivity contribution is -0.153. The molecular formula is C24H29N3O3. The molecule has 1 fully saturated rings. The molecule has 0 aliphatic carbocycles. The van der Waals surface area contributed by atoms with Crippen molar-refractivity contribution in [2.45, 2.75) is 50.9 Å². The Morgan fingerprint density at radius 1 is 1.13 bits per heavy atom. The van der Waals surface area contributed by atoms with E-state index in [1.165, 1.54) is 0 Å². The average Bonchev–Trinajstić information content (AvgIpc) is 3.21. The third-order valence-electron chi connectivity index (χ3n) is 6.73. The molecule has 3 aliphatic rings. The van der Waals surface area contributed by atoms with Crippen molar-refractivity contribution in [3.05, 3.63) is 53.6 Å². The number of benzene rings is 2. The van der Waals surface area contributed by atoms with E-state index >= 15 is 0 Å².